The van der Waals surface area contributed by atoms with Gasteiger partial charge in [-0.15, -0.1) is 11.3 Å². The molecule has 2 aromatic rings. The van der Waals surface area contributed by atoms with E-state index >= 15 is 0 Å². The summed E-state index contributed by atoms with van der Waals surface area (Å²) in [6, 6.07) is 5.13. The lowest BCUT2D eigenvalue weighted by molar-refractivity contribution is 0.0600. The fourth-order valence-corrected chi connectivity index (χ4v) is 2.15. The van der Waals surface area contributed by atoms with E-state index in [0.29, 0.717) is 17.9 Å². The molecule has 0 saturated heterocycles. The van der Waals surface area contributed by atoms with Crippen LogP contribution in [0.3, 0.4) is 0 Å². The van der Waals surface area contributed by atoms with Crippen LogP contribution in [0.5, 0.6) is 5.75 Å². The van der Waals surface area contributed by atoms with Gasteiger partial charge in [-0.05, 0) is 18.2 Å². The van der Waals surface area contributed by atoms with Crippen LogP contribution < -0.4 is 10.1 Å². The van der Waals surface area contributed by atoms with Gasteiger partial charge in [-0.3, -0.25) is 0 Å². The average molecular weight is 278 g/mol. The van der Waals surface area contributed by atoms with Crippen molar-refractivity contribution in [2.45, 2.75) is 6.54 Å². The van der Waals surface area contributed by atoms with E-state index in [0.717, 1.165) is 11.4 Å². The minimum atomic E-state index is -0.385. The molecule has 0 atom stereocenters. The average Bonchev–Trinajstić information content (AvgIpc) is 2.97. The molecule has 0 radical (unpaired) electrons. The number of nitrogens with zero attached hydrogens (tertiary/aromatic N) is 1. The molecule has 1 heterocycles. The van der Waals surface area contributed by atoms with Crippen molar-refractivity contribution in [3.63, 3.8) is 0 Å². The molecule has 0 aliphatic carbocycles. The maximum absolute atomic E-state index is 11.4. The minimum Gasteiger partial charge on any atom is -0.495 e. The zero-order chi connectivity index (χ0) is 13.7. The first-order valence-corrected chi connectivity index (χ1v) is 6.56. The van der Waals surface area contributed by atoms with Gasteiger partial charge in [0.05, 0.1) is 43.2 Å². The first-order valence-electron chi connectivity index (χ1n) is 5.62. The second-order valence-electron chi connectivity index (χ2n) is 3.74. The molecular formula is C13H14N2O3S. The lowest BCUT2D eigenvalue weighted by atomic mass is 10.2. The van der Waals surface area contributed by atoms with Crippen LogP contribution in [-0.4, -0.2) is 25.2 Å². The molecular weight excluding hydrogens is 264 g/mol. The molecule has 0 bridgehead atoms. The van der Waals surface area contributed by atoms with Crippen molar-refractivity contribution >= 4 is 23.0 Å². The second-order valence-corrected chi connectivity index (χ2v) is 4.46. The molecule has 0 aliphatic heterocycles. The van der Waals surface area contributed by atoms with Crippen LogP contribution in [0.2, 0.25) is 0 Å². The molecule has 0 spiro atoms. The van der Waals surface area contributed by atoms with Crippen molar-refractivity contribution in [3.8, 4) is 5.75 Å². The van der Waals surface area contributed by atoms with E-state index in [1.165, 1.54) is 7.11 Å². The summed E-state index contributed by atoms with van der Waals surface area (Å²) in [6.07, 6.45) is 0. The minimum absolute atomic E-state index is 0.385. The van der Waals surface area contributed by atoms with Gasteiger partial charge < -0.3 is 14.8 Å². The third-order valence-electron chi connectivity index (χ3n) is 2.57. The Kier molecular flexibility index (Phi) is 4.35. The van der Waals surface area contributed by atoms with E-state index in [9.17, 15) is 4.79 Å². The van der Waals surface area contributed by atoms with Crippen molar-refractivity contribution < 1.29 is 14.3 Å². The number of methoxy groups -OCH3 is 2. The van der Waals surface area contributed by atoms with Gasteiger partial charge in [-0.2, -0.15) is 0 Å². The molecule has 1 aromatic carbocycles. The predicted molar refractivity (Wildman–Crippen MR) is 73.8 cm³/mol. The summed E-state index contributed by atoms with van der Waals surface area (Å²) in [4.78, 5) is 15.6. The Bertz CT molecular complexity index is 555. The first kappa shape index (κ1) is 13.4. The fraction of sp³-hybridized carbons (Fsp3) is 0.231. The topological polar surface area (TPSA) is 60.5 Å². The normalized spacial score (nSPS) is 10.0. The molecule has 1 aromatic heterocycles. The molecule has 0 unspecified atom stereocenters. The summed E-state index contributed by atoms with van der Waals surface area (Å²) in [6.45, 7) is 0.609. The number of anilines is 1. The van der Waals surface area contributed by atoms with Crippen molar-refractivity contribution in [2.75, 3.05) is 19.5 Å². The van der Waals surface area contributed by atoms with E-state index in [1.807, 2.05) is 5.38 Å². The van der Waals surface area contributed by atoms with Crippen molar-refractivity contribution in [1.29, 1.82) is 0 Å². The van der Waals surface area contributed by atoms with Gasteiger partial charge in [0.25, 0.3) is 0 Å². The van der Waals surface area contributed by atoms with E-state index in [1.54, 1.807) is 42.2 Å². The lowest BCUT2D eigenvalue weighted by Gasteiger charge is -2.11. The number of carbonyl (C=O) groups is 1. The van der Waals surface area contributed by atoms with Crippen LogP contribution in [0.4, 0.5) is 5.69 Å². The van der Waals surface area contributed by atoms with Crippen molar-refractivity contribution in [1.82, 2.24) is 4.98 Å². The molecule has 0 saturated carbocycles. The zero-order valence-electron chi connectivity index (χ0n) is 10.7. The van der Waals surface area contributed by atoms with Crippen LogP contribution in [0.25, 0.3) is 0 Å². The maximum atomic E-state index is 11.4. The molecule has 100 valence electrons. The molecule has 0 amide bonds. The van der Waals surface area contributed by atoms with Crippen molar-refractivity contribution in [2.24, 2.45) is 0 Å². The Morgan fingerprint density at radius 1 is 1.42 bits per heavy atom. The van der Waals surface area contributed by atoms with Crippen LogP contribution >= 0.6 is 11.3 Å². The van der Waals surface area contributed by atoms with Gasteiger partial charge in [0.2, 0.25) is 0 Å². The highest BCUT2D eigenvalue weighted by atomic mass is 32.1. The van der Waals surface area contributed by atoms with Crippen LogP contribution in [0, 0.1) is 0 Å². The van der Waals surface area contributed by atoms with Crippen LogP contribution in [-0.2, 0) is 11.3 Å². The third-order valence-corrected chi connectivity index (χ3v) is 3.20. The van der Waals surface area contributed by atoms with E-state index in [4.69, 9.17) is 4.74 Å². The number of carbonyl (C=O) groups excluding carboxylic acids is 1. The Hall–Kier alpha value is -2.08. The van der Waals surface area contributed by atoms with Crippen LogP contribution in [0.1, 0.15) is 16.1 Å². The second kappa shape index (κ2) is 6.19. The van der Waals surface area contributed by atoms with Crippen LogP contribution in [0.15, 0.2) is 29.1 Å². The molecule has 5 nitrogen and oxygen atoms in total. The van der Waals surface area contributed by atoms with Gasteiger partial charge in [-0.1, -0.05) is 0 Å². The number of thiazole rings is 1. The maximum Gasteiger partial charge on any atom is 0.337 e. The van der Waals surface area contributed by atoms with Gasteiger partial charge >= 0.3 is 5.97 Å². The summed E-state index contributed by atoms with van der Waals surface area (Å²) in [5, 5.41) is 5.19. The summed E-state index contributed by atoms with van der Waals surface area (Å²) < 4.78 is 9.93. The van der Waals surface area contributed by atoms with Gasteiger partial charge in [-0.25, -0.2) is 9.78 Å². The van der Waals surface area contributed by atoms with E-state index < -0.39 is 0 Å². The Labute approximate surface area is 115 Å². The quantitative estimate of drug-likeness (QED) is 0.852. The molecule has 19 heavy (non-hydrogen) atoms. The standard InChI is InChI=1S/C13H14N2O3S/c1-17-12-5-9(13(16)18-2)3-4-11(12)14-6-10-7-19-8-15-10/h3-5,7-8,14H,6H2,1-2H3. The van der Waals surface area contributed by atoms with Gasteiger partial charge in [0.1, 0.15) is 5.75 Å². The van der Waals surface area contributed by atoms with E-state index in [-0.39, 0.29) is 5.97 Å². The highest BCUT2D eigenvalue weighted by Crippen LogP contribution is 2.26. The number of benzene rings is 1. The lowest BCUT2D eigenvalue weighted by Crippen LogP contribution is -2.05. The van der Waals surface area contributed by atoms with Gasteiger partial charge in [0, 0.05) is 5.38 Å². The molecule has 1 N–H and O–H groups in total. The summed E-state index contributed by atoms with van der Waals surface area (Å²) in [7, 11) is 2.91. The van der Waals surface area contributed by atoms with E-state index in [2.05, 4.69) is 15.0 Å². The number of nitrogens with one attached hydrogen (secondary N) is 1. The Balaban J connectivity index is 2.14. The number of ether oxygens (including phenoxy) is 2. The summed E-state index contributed by atoms with van der Waals surface area (Å²) >= 11 is 1.55. The predicted octanol–water partition coefficient (Wildman–Crippen LogP) is 2.55. The monoisotopic (exact) mass is 278 g/mol. The number of aromatic nitrogens is 1. The molecule has 2 rings (SSSR count). The van der Waals surface area contributed by atoms with Gasteiger partial charge in [0.15, 0.2) is 0 Å². The summed E-state index contributed by atoms with van der Waals surface area (Å²) in [5.41, 5.74) is 4.01. The largest absolute Gasteiger partial charge is 0.495 e. The number of hydrogen-bond acceptors (Lipinski definition) is 6. The number of rotatable bonds is 5. The summed E-state index contributed by atoms with van der Waals surface area (Å²) in [5.74, 6) is 0.211. The highest BCUT2D eigenvalue weighted by Gasteiger charge is 2.10. The third kappa shape index (κ3) is 3.23. The Morgan fingerprint density at radius 2 is 2.26 bits per heavy atom. The zero-order valence-corrected chi connectivity index (χ0v) is 11.5. The first-order chi connectivity index (χ1) is 9.24. The number of hydrogen-bond donors (Lipinski definition) is 1. The fourth-order valence-electron chi connectivity index (χ4n) is 1.59. The highest BCUT2D eigenvalue weighted by molar-refractivity contribution is 7.07. The molecule has 0 aliphatic rings. The van der Waals surface area contributed by atoms with Crippen molar-refractivity contribution in [3.05, 3.63) is 40.3 Å². The molecule has 0 fully saturated rings. The SMILES string of the molecule is COC(=O)c1ccc(NCc2cscn2)c(OC)c1. The number of esters is 1. The smallest absolute Gasteiger partial charge is 0.337 e. The molecule has 6 heteroatoms. The Morgan fingerprint density at radius 3 is 2.89 bits per heavy atom.